The fourth-order valence-corrected chi connectivity index (χ4v) is 6.83. The van der Waals surface area contributed by atoms with Crippen LogP contribution in [0.25, 0.3) is 22.3 Å². The molecule has 12 heteroatoms. The van der Waals surface area contributed by atoms with E-state index in [0.717, 1.165) is 92.2 Å². The quantitative estimate of drug-likeness (QED) is 0.170. The van der Waals surface area contributed by atoms with Crippen molar-refractivity contribution in [1.82, 2.24) is 40.1 Å². The van der Waals surface area contributed by atoms with Crippen molar-refractivity contribution in [3.8, 4) is 33.8 Å². The van der Waals surface area contributed by atoms with Crippen LogP contribution >= 0.6 is 0 Å². The molecule has 0 unspecified atom stereocenters. The predicted octanol–water partition coefficient (Wildman–Crippen LogP) is 5.44. The average Bonchev–Trinajstić information content (AvgIpc) is 3.19. The first-order valence-electron chi connectivity index (χ1n) is 17.5. The van der Waals surface area contributed by atoms with Gasteiger partial charge in [-0.15, -0.1) is 0 Å². The summed E-state index contributed by atoms with van der Waals surface area (Å²) in [5.74, 6) is 2.83. The maximum atomic E-state index is 5.86. The molecule has 4 aromatic heterocycles. The average molecular weight is 673 g/mol. The fourth-order valence-electron chi connectivity index (χ4n) is 6.83. The molecule has 12 nitrogen and oxygen atoms in total. The van der Waals surface area contributed by atoms with Gasteiger partial charge >= 0.3 is 0 Å². The zero-order chi connectivity index (χ0) is 34.1. The third kappa shape index (κ3) is 7.66. The monoisotopic (exact) mass is 672 g/mol. The highest BCUT2D eigenvalue weighted by Gasteiger charge is 2.36. The van der Waals surface area contributed by atoms with E-state index in [9.17, 15) is 0 Å². The van der Waals surface area contributed by atoms with Crippen molar-refractivity contribution in [2.24, 2.45) is 0 Å². The lowest BCUT2D eigenvalue weighted by Crippen LogP contribution is -2.59. The van der Waals surface area contributed by atoms with Gasteiger partial charge in [-0.05, 0) is 75.5 Å². The van der Waals surface area contributed by atoms with Gasteiger partial charge in [0.05, 0.1) is 25.8 Å². The van der Waals surface area contributed by atoms with Crippen molar-refractivity contribution < 1.29 is 9.47 Å². The summed E-state index contributed by atoms with van der Waals surface area (Å²) >= 11 is 0. The van der Waals surface area contributed by atoms with Gasteiger partial charge in [-0.2, -0.15) is 0 Å². The number of piperidine rings is 2. The van der Waals surface area contributed by atoms with E-state index in [2.05, 4.69) is 42.3 Å². The van der Waals surface area contributed by atoms with Crippen LogP contribution in [-0.4, -0.2) is 86.8 Å². The fraction of sp³-hybridized carbons (Fsp3) is 0.368. The van der Waals surface area contributed by atoms with E-state index in [1.807, 2.05) is 74.4 Å². The molecule has 2 saturated heterocycles. The van der Waals surface area contributed by atoms with Crippen molar-refractivity contribution in [2.45, 2.75) is 51.2 Å². The molecule has 7 rings (SSSR count). The molecule has 2 fully saturated rings. The summed E-state index contributed by atoms with van der Waals surface area (Å²) in [6.07, 6.45) is 18.6. The van der Waals surface area contributed by atoms with Crippen LogP contribution in [0.5, 0.6) is 11.5 Å². The molecule has 1 N–H and O–H groups in total. The van der Waals surface area contributed by atoms with E-state index < -0.39 is 0 Å². The van der Waals surface area contributed by atoms with E-state index in [1.165, 1.54) is 5.56 Å². The molecule has 5 aromatic rings. The second-order valence-electron chi connectivity index (χ2n) is 12.6. The molecule has 0 aliphatic carbocycles. The summed E-state index contributed by atoms with van der Waals surface area (Å²) in [6, 6.07) is 14.5. The SMILES string of the molecule is CCOc1cc(CN2CCC(N(c3ncc(-c4cccnc4)cn3)N(c3ncc(-c4cccnc4)cn3)C3CCNCC3)CC2)ccc1OC. The molecule has 1 aromatic carbocycles. The normalized spacial score (nSPS) is 15.8. The predicted molar refractivity (Wildman–Crippen MR) is 194 cm³/mol. The van der Waals surface area contributed by atoms with E-state index >= 15 is 0 Å². The molecule has 0 spiro atoms. The van der Waals surface area contributed by atoms with Gasteiger partial charge in [0, 0.05) is 91.5 Å². The number of hydrazine groups is 1. The number of anilines is 2. The minimum atomic E-state index is 0.141. The molecule has 0 radical (unpaired) electrons. The van der Waals surface area contributed by atoms with Crippen molar-refractivity contribution in [1.29, 1.82) is 0 Å². The van der Waals surface area contributed by atoms with Crippen LogP contribution in [0.2, 0.25) is 0 Å². The largest absolute Gasteiger partial charge is 0.493 e. The third-order valence-electron chi connectivity index (χ3n) is 9.40. The smallest absolute Gasteiger partial charge is 0.244 e. The van der Waals surface area contributed by atoms with Crippen LogP contribution in [-0.2, 0) is 6.54 Å². The lowest BCUT2D eigenvalue weighted by Gasteiger charge is -2.47. The molecule has 0 atom stereocenters. The Hall–Kier alpha value is -5.20. The number of pyridine rings is 2. The Morgan fingerprint density at radius 3 is 1.76 bits per heavy atom. The maximum Gasteiger partial charge on any atom is 0.244 e. The van der Waals surface area contributed by atoms with E-state index in [4.69, 9.17) is 29.4 Å². The molecular weight excluding hydrogens is 628 g/mol. The highest BCUT2D eigenvalue weighted by atomic mass is 16.5. The van der Waals surface area contributed by atoms with Crippen molar-refractivity contribution in [3.63, 3.8) is 0 Å². The Bertz CT molecular complexity index is 1780. The Labute approximate surface area is 293 Å². The second kappa shape index (κ2) is 16.0. The lowest BCUT2D eigenvalue weighted by molar-refractivity contribution is 0.196. The van der Waals surface area contributed by atoms with Gasteiger partial charge in [-0.25, -0.2) is 30.0 Å². The van der Waals surface area contributed by atoms with Crippen LogP contribution in [0.15, 0.2) is 92.0 Å². The van der Waals surface area contributed by atoms with Gasteiger partial charge in [0.15, 0.2) is 11.5 Å². The first-order valence-corrected chi connectivity index (χ1v) is 17.5. The number of benzene rings is 1. The lowest BCUT2D eigenvalue weighted by atomic mass is 10.0. The number of likely N-dealkylation sites (tertiary alicyclic amines) is 1. The molecular formula is C38H44N10O2. The summed E-state index contributed by atoms with van der Waals surface area (Å²) in [7, 11) is 1.68. The van der Waals surface area contributed by atoms with Crippen LogP contribution in [0.4, 0.5) is 11.9 Å². The van der Waals surface area contributed by atoms with Crippen molar-refractivity contribution >= 4 is 11.9 Å². The molecule has 0 amide bonds. The molecule has 0 bridgehead atoms. The van der Waals surface area contributed by atoms with Crippen molar-refractivity contribution in [3.05, 3.63) is 97.6 Å². The number of nitrogens with zero attached hydrogens (tertiary/aromatic N) is 9. The Kier molecular flexibility index (Phi) is 10.7. The van der Waals surface area contributed by atoms with Gasteiger partial charge in [-0.1, -0.05) is 18.2 Å². The van der Waals surface area contributed by atoms with Crippen LogP contribution in [0.3, 0.4) is 0 Å². The van der Waals surface area contributed by atoms with Crippen LogP contribution in [0, 0.1) is 0 Å². The van der Waals surface area contributed by atoms with Gasteiger partial charge in [0.2, 0.25) is 11.9 Å². The first kappa shape index (κ1) is 33.3. The van der Waals surface area contributed by atoms with Crippen molar-refractivity contribution in [2.75, 3.05) is 49.9 Å². The summed E-state index contributed by atoms with van der Waals surface area (Å²) in [4.78, 5) is 31.0. The number of rotatable bonds is 12. The van der Waals surface area contributed by atoms with Gasteiger partial charge in [-0.3, -0.25) is 14.9 Å². The zero-order valence-electron chi connectivity index (χ0n) is 28.7. The zero-order valence-corrected chi connectivity index (χ0v) is 28.7. The second-order valence-corrected chi connectivity index (χ2v) is 12.6. The van der Waals surface area contributed by atoms with Crippen LogP contribution in [0.1, 0.15) is 38.2 Å². The topological polar surface area (TPSA) is 118 Å². The first-order chi connectivity index (χ1) is 24.7. The van der Waals surface area contributed by atoms with Crippen LogP contribution < -0.4 is 24.8 Å². The number of nitrogens with one attached hydrogen (secondary N) is 1. The summed E-state index contributed by atoms with van der Waals surface area (Å²) < 4.78 is 11.4. The van der Waals surface area contributed by atoms with Gasteiger partial charge in [0.25, 0.3) is 0 Å². The Morgan fingerprint density at radius 1 is 0.700 bits per heavy atom. The minimum absolute atomic E-state index is 0.141. The van der Waals surface area contributed by atoms with E-state index in [1.54, 1.807) is 19.5 Å². The number of ether oxygens (including phenoxy) is 2. The number of aromatic nitrogens is 6. The molecule has 6 heterocycles. The molecule has 2 aliphatic rings. The Balaban J connectivity index is 1.19. The standard InChI is InChI=1S/C38H44N10O2/c1-3-50-36-20-28(8-9-35(36)49-2)27-46-18-12-34(13-19-46)48(38-44-25-32(26-45-38)30-7-5-15-41-22-30)47(33-10-16-39-17-11-33)37-42-23-31(24-43-37)29-6-4-14-40-21-29/h4-9,14-15,20-26,33-34,39H,3,10-13,16-19,27H2,1-2H3. The number of methoxy groups -OCH3 is 1. The molecule has 258 valence electrons. The van der Waals surface area contributed by atoms with Gasteiger partial charge in [0.1, 0.15) is 0 Å². The summed E-state index contributed by atoms with van der Waals surface area (Å²) in [6.45, 7) is 7.12. The van der Waals surface area contributed by atoms with E-state index in [0.29, 0.717) is 18.5 Å². The maximum absolute atomic E-state index is 5.86. The van der Waals surface area contributed by atoms with Gasteiger partial charge < -0.3 is 14.8 Å². The summed E-state index contributed by atoms with van der Waals surface area (Å²) in [5, 5.41) is 8.10. The molecule has 0 saturated carbocycles. The molecule has 2 aliphatic heterocycles. The number of hydrogen-bond donors (Lipinski definition) is 1. The Morgan fingerprint density at radius 2 is 1.26 bits per heavy atom. The summed E-state index contributed by atoms with van der Waals surface area (Å²) in [5.41, 5.74) is 5.02. The van der Waals surface area contributed by atoms with E-state index in [-0.39, 0.29) is 12.1 Å². The highest BCUT2D eigenvalue weighted by molar-refractivity contribution is 5.62. The number of hydrogen-bond acceptors (Lipinski definition) is 12. The minimum Gasteiger partial charge on any atom is -0.493 e. The molecule has 50 heavy (non-hydrogen) atoms. The third-order valence-corrected chi connectivity index (χ3v) is 9.40. The highest BCUT2D eigenvalue weighted by Crippen LogP contribution is 2.33.